The minimum atomic E-state index is -0.430. The lowest BCUT2D eigenvalue weighted by molar-refractivity contribution is -0.113. The van der Waals surface area contributed by atoms with Gasteiger partial charge in [-0.2, -0.15) is 4.98 Å². The standard InChI is InChI=1S/C27H25N5O2S/c1-18-23(25(33)29-21-15-9-10-16-22(21)34-2)24(20-13-7-4-8-14-20)32-26(28-18)30-27(31-32)35-17-19-11-5-3-6-12-19/h3-16,24H,17H2,1-2H3,(H,29,33)(H,28,30,31)/t24-/m0/s1. The Morgan fingerprint density at radius 2 is 1.71 bits per heavy atom. The molecule has 0 fully saturated rings. The Kier molecular flexibility index (Phi) is 6.54. The zero-order chi connectivity index (χ0) is 24.2. The number of rotatable bonds is 7. The van der Waals surface area contributed by atoms with Crippen molar-refractivity contribution in [3.05, 3.63) is 107 Å². The summed E-state index contributed by atoms with van der Waals surface area (Å²) in [6.45, 7) is 1.89. The molecule has 0 saturated heterocycles. The average Bonchev–Trinajstić information content (AvgIpc) is 3.30. The number of carbonyl (C=O) groups excluding carboxylic acids is 1. The van der Waals surface area contributed by atoms with Crippen molar-refractivity contribution < 1.29 is 9.53 Å². The van der Waals surface area contributed by atoms with Crippen LogP contribution in [-0.4, -0.2) is 27.8 Å². The monoisotopic (exact) mass is 483 g/mol. The van der Waals surface area contributed by atoms with E-state index in [-0.39, 0.29) is 5.91 Å². The van der Waals surface area contributed by atoms with Gasteiger partial charge in [-0.25, -0.2) is 4.68 Å². The van der Waals surface area contributed by atoms with E-state index in [9.17, 15) is 4.79 Å². The molecule has 0 radical (unpaired) electrons. The van der Waals surface area contributed by atoms with Crippen LogP contribution in [0.4, 0.5) is 11.6 Å². The predicted molar refractivity (Wildman–Crippen MR) is 139 cm³/mol. The van der Waals surface area contributed by atoms with Crippen LogP contribution in [-0.2, 0) is 10.5 Å². The number of thioether (sulfide) groups is 1. The molecule has 0 unspecified atom stereocenters. The molecule has 0 bridgehead atoms. The van der Waals surface area contributed by atoms with Crippen LogP contribution >= 0.6 is 11.8 Å². The molecule has 176 valence electrons. The fourth-order valence-electron chi connectivity index (χ4n) is 4.09. The van der Waals surface area contributed by atoms with E-state index < -0.39 is 6.04 Å². The highest BCUT2D eigenvalue weighted by Gasteiger charge is 2.34. The number of para-hydroxylation sites is 2. The number of benzene rings is 3. The Morgan fingerprint density at radius 1 is 1.03 bits per heavy atom. The van der Waals surface area contributed by atoms with Gasteiger partial charge in [-0.3, -0.25) is 4.79 Å². The highest BCUT2D eigenvalue weighted by atomic mass is 32.2. The molecule has 2 heterocycles. The molecule has 2 N–H and O–H groups in total. The number of anilines is 2. The van der Waals surface area contributed by atoms with Gasteiger partial charge in [0, 0.05) is 11.4 Å². The van der Waals surface area contributed by atoms with Gasteiger partial charge in [0.1, 0.15) is 11.8 Å². The second kappa shape index (κ2) is 10.1. The summed E-state index contributed by atoms with van der Waals surface area (Å²) in [6.07, 6.45) is 0. The van der Waals surface area contributed by atoms with E-state index in [0.717, 1.165) is 17.0 Å². The summed E-state index contributed by atoms with van der Waals surface area (Å²) in [6, 6.07) is 27.0. The first-order valence-corrected chi connectivity index (χ1v) is 12.2. The zero-order valence-electron chi connectivity index (χ0n) is 19.4. The van der Waals surface area contributed by atoms with E-state index >= 15 is 0 Å². The predicted octanol–water partition coefficient (Wildman–Crippen LogP) is 5.51. The molecule has 0 saturated carbocycles. The number of methoxy groups -OCH3 is 1. The van der Waals surface area contributed by atoms with Gasteiger partial charge in [-0.15, -0.1) is 5.10 Å². The lowest BCUT2D eigenvalue weighted by Gasteiger charge is -2.28. The van der Waals surface area contributed by atoms with Gasteiger partial charge in [0.2, 0.25) is 11.1 Å². The van der Waals surface area contributed by atoms with E-state index in [1.165, 1.54) is 5.56 Å². The molecule has 1 aliphatic rings. The summed E-state index contributed by atoms with van der Waals surface area (Å²) in [4.78, 5) is 18.3. The van der Waals surface area contributed by atoms with Crippen LogP contribution < -0.4 is 15.4 Å². The third kappa shape index (κ3) is 4.79. The third-order valence-corrected chi connectivity index (χ3v) is 6.67. The van der Waals surface area contributed by atoms with Gasteiger partial charge in [0.15, 0.2) is 0 Å². The number of carbonyl (C=O) groups is 1. The van der Waals surface area contributed by atoms with Gasteiger partial charge >= 0.3 is 0 Å². The first-order chi connectivity index (χ1) is 17.1. The van der Waals surface area contributed by atoms with Crippen LogP contribution in [0.1, 0.15) is 24.1 Å². The van der Waals surface area contributed by atoms with Crippen molar-refractivity contribution in [2.75, 3.05) is 17.7 Å². The fraction of sp³-hybridized carbons (Fsp3) is 0.148. The van der Waals surface area contributed by atoms with E-state index in [4.69, 9.17) is 14.8 Å². The Bertz CT molecular complexity index is 1370. The minimum absolute atomic E-state index is 0.229. The summed E-state index contributed by atoms with van der Waals surface area (Å²) in [5, 5.41) is 11.8. The number of hydrogen-bond acceptors (Lipinski definition) is 6. The SMILES string of the molecule is COc1ccccc1NC(=O)C1=C(C)Nc2nc(SCc3ccccc3)nn2[C@H]1c1ccccc1. The van der Waals surface area contributed by atoms with Gasteiger partial charge in [-0.1, -0.05) is 84.6 Å². The van der Waals surface area contributed by atoms with E-state index in [1.54, 1.807) is 23.6 Å². The van der Waals surface area contributed by atoms with E-state index in [2.05, 4.69) is 22.8 Å². The molecule has 5 rings (SSSR count). The molecule has 0 aliphatic carbocycles. The van der Waals surface area contributed by atoms with Crippen molar-refractivity contribution in [2.24, 2.45) is 0 Å². The Morgan fingerprint density at radius 3 is 2.46 bits per heavy atom. The molecule has 7 nitrogen and oxygen atoms in total. The van der Waals surface area contributed by atoms with Crippen molar-refractivity contribution in [1.82, 2.24) is 14.8 Å². The quantitative estimate of drug-likeness (QED) is 0.338. The third-order valence-electron chi connectivity index (χ3n) is 5.76. The van der Waals surface area contributed by atoms with Crippen molar-refractivity contribution in [3.63, 3.8) is 0 Å². The van der Waals surface area contributed by atoms with Crippen molar-refractivity contribution >= 4 is 29.3 Å². The summed E-state index contributed by atoms with van der Waals surface area (Å²) in [7, 11) is 1.58. The number of ether oxygens (including phenoxy) is 1. The van der Waals surface area contributed by atoms with Crippen LogP contribution in [0.3, 0.4) is 0 Å². The number of nitrogens with zero attached hydrogens (tertiary/aromatic N) is 3. The van der Waals surface area contributed by atoms with Gasteiger partial charge < -0.3 is 15.4 Å². The number of aromatic nitrogens is 3. The summed E-state index contributed by atoms with van der Waals surface area (Å²) in [5.41, 5.74) is 4.05. The minimum Gasteiger partial charge on any atom is -0.495 e. The van der Waals surface area contributed by atoms with Gasteiger partial charge in [0.05, 0.1) is 18.4 Å². The molecule has 1 aliphatic heterocycles. The highest BCUT2D eigenvalue weighted by molar-refractivity contribution is 7.98. The zero-order valence-corrected chi connectivity index (χ0v) is 20.3. The topological polar surface area (TPSA) is 81.1 Å². The molecular formula is C27H25N5O2S. The van der Waals surface area contributed by atoms with Gasteiger partial charge in [-0.05, 0) is 30.2 Å². The molecule has 1 amide bonds. The molecule has 8 heteroatoms. The van der Waals surface area contributed by atoms with E-state index in [0.29, 0.717) is 28.1 Å². The van der Waals surface area contributed by atoms with Crippen molar-refractivity contribution in [3.8, 4) is 5.75 Å². The van der Waals surface area contributed by atoms with Crippen LogP contribution in [0.15, 0.2) is 101 Å². The highest BCUT2D eigenvalue weighted by Crippen LogP contribution is 2.37. The molecule has 0 spiro atoms. The first kappa shape index (κ1) is 22.7. The Balaban J connectivity index is 1.48. The van der Waals surface area contributed by atoms with Crippen LogP contribution in [0.5, 0.6) is 5.75 Å². The average molecular weight is 484 g/mol. The van der Waals surface area contributed by atoms with E-state index in [1.807, 2.05) is 79.7 Å². The smallest absolute Gasteiger partial charge is 0.255 e. The summed E-state index contributed by atoms with van der Waals surface area (Å²) < 4.78 is 7.22. The second-order valence-electron chi connectivity index (χ2n) is 8.07. The maximum Gasteiger partial charge on any atom is 0.255 e. The normalized spacial score (nSPS) is 14.7. The number of fused-ring (bicyclic) bond motifs is 1. The molecule has 1 atom stereocenters. The lowest BCUT2D eigenvalue weighted by atomic mass is 9.95. The molecular weight excluding hydrogens is 458 g/mol. The molecule has 35 heavy (non-hydrogen) atoms. The van der Waals surface area contributed by atoms with Crippen molar-refractivity contribution in [1.29, 1.82) is 0 Å². The molecule has 4 aromatic rings. The Labute approximate surface area is 208 Å². The summed E-state index contributed by atoms with van der Waals surface area (Å²) in [5.74, 6) is 1.74. The van der Waals surface area contributed by atoms with Crippen LogP contribution in [0.25, 0.3) is 0 Å². The van der Waals surface area contributed by atoms with Gasteiger partial charge in [0.25, 0.3) is 5.91 Å². The first-order valence-electron chi connectivity index (χ1n) is 11.2. The van der Waals surface area contributed by atoms with Crippen LogP contribution in [0.2, 0.25) is 0 Å². The number of amides is 1. The Hall–Kier alpha value is -4.04. The largest absolute Gasteiger partial charge is 0.495 e. The lowest BCUT2D eigenvalue weighted by Crippen LogP contribution is -2.31. The molecule has 3 aromatic carbocycles. The fourth-order valence-corrected chi connectivity index (χ4v) is 4.87. The molecule has 1 aromatic heterocycles. The second-order valence-corrected chi connectivity index (χ2v) is 9.01. The van der Waals surface area contributed by atoms with Crippen LogP contribution in [0, 0.1) is 0 Å². The number of allylic oxidation sites excluding steroid dienone is 1. The maximum atomic E-state index is 13.6. The van der Waals surface area contributed by atoms with Crippen molar-refractivity contribution in [2.45, 2.75) is 23.9 Å². The summed E-state index contributed by atoms with van der Waals surface area (Å²) >= 11 is 1.56. The number of nitrogens with one attached hydrogen (secondary N) is 2. The number of hydrogen-bond donors (Lipinski definition) is 2. The maximum absolute atomic E-state index is 13.6.